The summed E-state index contributed by atoms with van der Waals surface area (Å²) in [4.78, 5) is 0. The van der Waals surface area contributed by atoms with Crippen molar-refractivity contribution < 1.29 is 25.9 Å². The molecule has 0 aromatic carbocycles. The molecule has 6 nitrogen and oxygen atoms in total. The molecule has 2 atom stereocenters. The molecule has 0 aromatic rings. The molecule has 17 heavy (non-hydrogen) atoms. The van der Waals surface area contributed by atoms with Crippen molar-refractivity contribution in [3.63, 3.8) is 0 Å². The van der Waals surface area contributed by atoms with E-state index >= 15 is 0 Å². The molecule has 0 heterocycles. The van der Waals surface area contributed by atoms with Crippen molar-refractivity contribution in [2.75, 3.05) is 0 Å². The average molecular weight is 288 g/mol. The van der Waals surface area contributed by atoms with Gasteiger partial charge in [0.2, 0.25) is 4.08 Å². The minimum atomic E-state index is -4.94. The van der Waals surface area contributed by atoms with Gasteiger partial charge in [0.15, 0.2) is 0 Å². The molecule has 0 aromatic heterocycles. The van der Waals surface area contributed by atoms with Crippen molar-refractivity contribution in [1.82, 2.24) is 0 Å². The SMILES string of the molecule is CCC(C)C(C(C)CC)(S(=O)(=O)O)S(=O)(=O)O. The molecular weight excluding hydrogens is 268 g/mol. The highest BCUT2D eigenvalue weighted by Crippen LogP contribution is 2.41. The first-order valence-corrected chi connectivity index (χ1v) is 8.28. The van der Waals surface area contributed by atoms with Gasteiger partial charge in [-0.3, -0.25) is 9.11 Å². The Bertz CT molecular complexity index is 406. The van der Waals surface area contributed by atoms with Crippen molar-refractivity contribution in [2.24, 2.45) is 11.8 Å². The Morgan fingerprint density at radius 2 is 1.12 bits per heavy atom. The van der Waals surface area contributed by atoms with Gasteiger partial charge in [-0.15, -0.1) is 0 Å². The van der Waals surface area contributed by atoms with Gasteiger partial charge in [-0.1, -0.05) is 40.5 Å². The van der Waals surface area contributed by atoms with E-state index in [2.05, 4.69) is 0 Å². The Kier molecular flexibility index (Phi) is 5.16. The summed E-state index contributed by atoms with van der Waals surface area (Å²) >= 11 is 0. The maximum Gasteiger partial charge on any atom is 0.288 e. The van der Waals surface area contributed by atoms with E-state index in [-0.39, 0.29) is 12.8 Å². The van der Waals surface area contributed by atoms with Crippen LogP contribution in [0.2, 0.25) is 0 Å². The van der Waals surface area contributed by atoms with Crippen molar-refractivity contribution in [3.8, 4) is 0 Å². The molecule has 0 aliphatic heterocycles. The van der Waals surface area contributed by atoms with Crippen LogP contribution in [0.25, 0.3) is 0 Å². The summed E-state index contributed by atoms with van der Waals surface area (Å²) in [7, 11) is -9.89. The lowest BCUT2D eigenvalue weighted by Gasteiger charge is -2.37. The van der Waals surface area contributed by atoms with Crippen LogP contribution in [0.3, 0.4) is 0 Å². The minimum Gasteiger partial charge on any atom is -0.284 e. The van der Waals surface area contributed by atoms with E-state index in [4.69, 9.17) is 0 Å². The standard InChI is InChI=1S/C9H20O6S2/c1-5-7(3)9(8(4)6-2,16(10,11)12)17(13,14)15/h7-8H,5-6H2,1-4H3,(H,10,11,12)(H,13,14,15). The van der Waals surface area contributed by atoms with Crippen molar-refractivity contribution >= 4 is 20.2 Å². The quantitative estimate of drug-likeness (QED) is 0.718. The molecule has 0 bridgehead atoms. The van der Waals surface area contributed by atoms with Gasteiger partial charge in [-0.25, -0.2) is 0 Å². The summed E-state index contributed by atoms with van der Waals surface area (Å²) in [6.45, 7) is 5.96. The van der Waals surface area contributed by atoms with Crippen LogP contribution in [0, 0.1) is 11.8 Å². The van der Waals surface area contributed by atoms with E-state index < -0.39 is 36.2 Å². The van der Waals surface area contributed by atoms with Gasteiger partial charge in [0.05, 0.1) is 0 Å². The maximum atomic E-state index is 11.5. The molecule has 0 radical (unpaired) electrons. The predicted octanol–water partition coefficient (Wildman–Crippen LogP) is 1.55. The molecule has 0 aliphatic carbocycles. The van der Waals surface area contributed by atoms with Crippen LogP contribution in [0.4, 0.5) is 0 Å². The van der Waals surface area contributed by atoms with Crippen LogP contribution in [-0.2, 0) is 20.2 Å². The van der Waals surface area contributed by atoms with Crippen LogP contribution in [0.15, 0.2) is 0 Å². The maximum absolute atomic E-state index is 11.5. The Morgan fingerprint density at radius 1 is 0.882 bits per heavy atom. The Hall–Kier alpha value is -0.180. The van der Waals surface area contributed by atoms with E-state index in [1.807, 2.05) is 0 Å². The summed E-state index contributed by atoms with van der Waals surface area (Å²) in [5.74, 6) is -1.83. The summed E-state index contributed by atoms with van der Waals surface area (Å²) in [5, 5.41) is 0. The van der Waals surface area contributed by atoms with Gasteiger partial charge in [0.25, 0.3) is 20.2 Å². The third kappa shape index (κ3) is 2.64. The normalized spacial score (nSPS) is 17.8. The zero-order valence-electron chi connectivity index (χ0n) is 10.4. The Morgan fingerprint density at radius 3 is 1.24 bits per heavy atom. The second-order valence-corrected chi connectivity index (χ2v) is 7.80. The number of rotatable bonds is 6. The van der Waals surface area contributed by atoms with Crippen LogP contribution in [0.5, 0.6) is 0 Å². The van der Waals surface area contributed by atoms with E-state index in [1.165, 1.54) is 13.8 Å². The molecule has 0 saturated carbocycles. The lowest BCUT2D eigenvalue weighted by atomic mass is 9.92. The molecular formula is C9H20O6S2. The molecule has 0 fully saturated rings. The second-order valence-electron chi connectivity index (χ2n) is 4.29. The van der Waals surface area contributed by atoms with E-state index in [0.29, 0.717) is 0 Å². The van der Waals surface area contributed by atoms with Gasteiger partial charge in [-0.2, -0.15) is 16.8 Å². The third-order valence-electron chi connectivity index (χ3n) is 3.40. The first-order chi connectivity index (χ1) is 7.46. The van der Waals surface area contributed by atoms with Gasteiger partial charge in [0, 0.05) is 0 Å². The molecule has 104 valence electrons. The van der Waals surface area contributed by atoms with Gasteiger partial charge < -0.3 is 0 Å². The van der Waals surface area contributed by atoms with Crippen molar-refractivity contribution in [1.29, 1.82) is 0 Å². The lowest BCUT2D eigenvalue weighted by Crippen LogP contribution is -2.55. The minimum absolute atomic E-state index is 0.198. The van der Waals surface area contributed by atoms with Crippen molar-refractivity contribution in [2.45, 2.75) is 44.6 Å². The molecule has 0 rings (SSSR count). The zero-order valence-corrected chi connectivity index (χ0v) is 12.0. The molecule has 2 N–H and O–H groups in total. The zero-order chi connectivity index (χ0) is 14.1. The number of hydrogen-bond donors (Lipinski definition) is 2. The fourth-order valence-corrected chi connectivity index (χ4v) is 5.97. The average Bonchev–Trinajstić information content (AvgIpc) is 2.13. The summed E-state index contributed by atoms with van der Waals surface area (Å²) in [6, 6.07) is 0. The first-order valence-electron chi connectivity index (χ1n) is 5.40. The topological polar surface area (TPSA) is 109 Å². The second kappa shape index (κ2) is 5.21. The Labute approximate surface area is 103 Å². The van der Waals surface area contributed by atoms with Gasteiger partial charge >= 0.3 is 0 Å². The van der Waals surface area contributed by atoms with Crippen LogP contribution in [-0.4, -0.2) is 30.0 Å². The lowest BCUT2D eigenvalue weighted by molar-refractivity contribution is 0.297. The van der Waals surface area contributed by atoms with E-state index in [1.54, 1.807) is 13.8 Å². The van der Waals surface area contributed by atoms with Gasteiger partial charge in [0.1, 0.15) is 0 Å². The van der Waals surface area contributed by atoms with Crippen LogP contribution < -0.4 is 0 Å². The summed E-state index contributed by atoms with van der Waals surface area (Å²) < 4.78 is 62.1. The monoisotopic (exact) mass is 288 g/mol. The Balaban J connectivity index is 6.33. The molecule has 0 spiro atoms. The van der Waals surface area contributed by atoms with E-state index in [0.717, 1.165) is 0 Å². The highest BCUT2D eigenvalue weighted by molar-refractivity contribution is 8.05. The van der Waals surface area contributed by atoms with Crippen molar-refractivity contribution in [3.05, 3.63) is 0 Å². The molecule has 0 aliphatic rings. The first kappa shape index (κ1) is 16.8. The summed E-state index contributed by atoms with van der Waals surface area (Å²) in [5.41, 5.74) is 0. The molecule has 0 amide bonds. The summed E-state index contributed by atoms with van der Waals surface area (Å²) in [6.07, 6.45) is 0.397. The third-order valence-corrected chi connectivity index (χ3v) is 7.89. The molecule has 8 heteroatoms. The smallest absolute Gasteiger partial charge is 0.284 e. The fourth-order valence-electron chi connectivity index (χ4n) is 2.20. The fraction of sp³-hybridized carbons (Fsp3) is 1.00. The van der Waals surface area contributed by atoms with Crippen LogP contribution in [0.1, 0.15) is 40.5 Å². The largest absolute Gasteiger partial charge is 0.288 e. The molecule has 0 saturated heterocycles. The highest BCUT2D eigenvalue weighted by atomic mass is 32.3. The van der Waals surface area contributed by atoms with Crippen LogP contribution >= 0.6 is 0 Å². The van der Waals surface area contributed by atoms with E-state index in [9.17, 15) is 25.9 Å². The number of hydrogen-bond acceptors (Lipinski definition) is 4. The van der Waals surface area contributed by atoms with Gasteiger partial charge in [-0.05, 0) is 11.8 Å². The highest BCUT2D eigenvalue weighted by Gasteiger charge is 2.60. The molecule has 2 unspecified atom stereocenters. The predicted molar refractivity (Wildman–Crippen MR) is 64.7 cm³/mol.